The van der Waals surface area contributed by atoms with E-state index in [0.717, 1.165) is 16.6 Å². The first-order valence-electron chi connectivity index (χ1n) is 9.83. The second-order valence-corrected chi connectivity index (χ2v) is 8.79. The van der Waals surface area contributed by atoms with Crippen LogP contribution in [0.4, 0.5) is 10.7 Å². The van der Waals surface area contributed by atoms with Crippen molar-refractivity contribution in [1.82, 2.24) is 4.98 Å². The number of pyridine rings is 1. The highest BCUT2D eigenvalue weighted by atomic mass is 32.1. The molecule has 32 heavy (non-hydrogen) atoms. The van der Waals surface area contributed by atoms with Gasteiger partial charge in [-0.25, -0.2) is 9.78 Å². The van der Waals surface area contributed by atoms with Gasteiger partial charge >= 0.3 is 5.97 Å². The second-order valence-electron chi connectivity index (χ2n) is 6.91. The van der Waals surface area contributed by atoms with E-state index in [9.17, 15) is 9.59 Å². The molecule has 0 saturated carbocycles. The maximum absolute atomic E-state index is 13.1. The maximum atomic E-state index is 13.1. The summed E-state index contributed by atoms with van der Waals surface area (Å²) < 4.78 is 10.5. The van der Waals surface area contributed by atoms with Gasteiger partial charge in [-0.15, -0.1) is 22.7 Å². The van der Waals surface area contributed by atoms with E-state index in [1.54, 1.807) is 14.0 Å². The molecule has 164 valence electrons. The molecule has 7 nitrogen and oxygen atoms in total. The summed E-state index contributed by atoms with van der Waals surface area (Å²) in [6.07, 6.45) is 0. The highest BCUT2D eigenvalue weighted by Gasteiger charge is 2.25. The topological polar surface area (TPSA) is 104 Å². The van der Waals surface area contributed by atoms with Gasteiger partial charge in [0, 0.05) is 22.0 Å². The maximum Gasteiger partial charge on any atom is 0.341 e. The molecule has 1 aromatic carbocycles. The Kier molecular flexibility index (Phi) is 6.11. The number of thiophene rings is 2. The van der Waals surface area contributed by atoms with Crippen LogP contribution >= 0.6 is 22.7 Å². The van der Waals surface area contributed by atoms with E-state index in [0.29, 0.717) is 37.3 Å². The Balaban J connectivity index is 1.71. The largest absolute Gasteiger partial charge is 0.497 e. The van der Waals surface area contributed by atoms with Gasteiger partial charge in [-0.05, 0) is 43.7 Å². The third kappa shape index (κ3) is 4.04. The van der Waals surface area contributed by atoms with Crippen LogP contribution in [0.2, 0.25) is 0 Å². The van der Waals surface area contributed by atoms with Crippen LogP contribution < -0.4 is 15.8 Å². The fourth-order valence-electron chi connectivity index (χ4n) is 3.26. The summed E-state index contributed by atoms with van der Waals surface area (Å²) in [7, 11) is 1.59. The summed E-state index contributed by atoms with van der Waals surface area (Å²) in [5.74, 6) is -0.187. The summed E-state index contributed by atoms with van der Waals surface area (Å²) in [5, 5.41) is 5.81. The van der Waals surface area contributed by atoms with Crippen molar-refractivity contribution in [1.29, 1.82) is 0 Å². The number of ether oxygens (including phenoxy) is 2. The Morgan fingerprint density at radius 3 is 2.59 bits per heavy atom. The van der Waals surface area contributed by atoms with Crippen LogP contribution in [0.1, 0.15) is 32.6 Å². The van der Waals surface area contributed by atoms with Gasteiger partial charge in [-0.2, -0.15) is 0 Å². The predicted molar refractivity (Wildman–Crippen MR) is 129 cm³/mol. The number of methoxy groups -OCH3 is 1. The third-order valence-electron chi connectivity index (χ3n) is 4.84. The molecule has 4 rings (SSSR count). The zero-order valence-electron chi connectivity index (χ0n) is 17.7. The molecule has 3 heterocycles. The quantitative estimate of drug-likeness (QED) is 0.370. The van der Waals surface area contributed by atoms with Crippen molar-refractivity contribution in [3.8, 4) is 16.9 Å². The number of fused-ring (bicyclic) bond motifs is 1. The molecule has 0 spiro atoms. The molecule has 0 fully saturated rings. The molecule has 0 unspecified atom stereocenters. The Labute approximate surface area is 192 Å². The highest BCUT2D eigenvalue weighted by Crippen LogP contribution is 2.38. The normalized spacial score (nSPS) is 10.8. The smallest absolute Gasteiger partial charge is 0.341 e. The number of nitrogens with zero attached hydrogens (tertiary/aromatic N) is 1. The lowest BCUT2D eigenvalue weighted by atomic mass is 10.0. The second kappa shape index (κ2) is 8.97. The molecule has 0 aliphatic heterocycles. The van der Waals surface area contributed by atoms with Crippen LogP contribution in [-0.2, 0) is 4.74 Å². The predicted octanol–water partition coefficient (Wildman–Crippen LogP) is 5.35. The molecular formula is C23H21N3O4S2. The molecule has 0 radical (unpaired) electrons. The number of carbonyl (C=O) groups excluding carboxylic acids is 2. The fourth-order valence-corrected chi connectivity index (χ4v) is 5.24. The van der Waals surface area contributed by atoms with Gasteiger partial charge in [-0.3, -0.25) is 4.79 Å². The van der Waals surface area contributed by atoms with Crippen molar-refractivity contribution in [3.63, 3.8) is 0 Å². The van der Waals surface area contributed by atoms with Gasteiger partial charge in [0.2, 0.25) is 0 Å². The monoisotopic (exact) mass is 467 g/mol. The zero-order valence-corrected chi connectivity index (χ0v) is 19.4. The Morgan fingerprint density at radius 1 is 1.16 bits per heavy atom. The fraction of sp³-hybridized carbons (Fsp3) is 0.174. The number of aryl methyl sites for hydroxylation is 1. The van der Waals surface area contributed by atoms with Gasteiger partial charge in [0.1, 0.15) is 26.0 Å². The SMILES string of the molecule is CCOC(=O)c1c(-c2ccc(OC)cc2)csc1NC(=O)c1sc2nc(C)ccc2c1N. The van der Waals surface area contributed by atoms with Gasteiger partial charge < -0.3 is 20.5 Å². The van der Waals surface area contributed by atoms with Gasteiger partial charge in [-0.1, -0.05) is 12.1 Å². The van der Waals surface area contributed by atoms with Gasteiger partial charge in [0.05, 0.1) is 19.4 Å². The number of hydrogen-bond donors (Lipinski definition) is 2. The van der Waals surface area contributed by atoms with Crippen molar-refractivity contribution < 1.29 is 19.1 Å². The number of hydrogen-bond acceptors (Lipinski definition) is 8. The molecule has 3 N–H and O–H groups in total. The van der Waals surface area contributed by atoms with Crippen LogP contribution in [0.25, 0.3) is 21.3 Å². The van der Waals surface area contributed by atoms with E-state index in [1.165, 1.54) is 22.7 Å². The number of anilines is 2. The third-order valence-corrected chi connectivity index (χ3v) is 6.85. The van der Waals surface area contributed by atoms with Crippen LogP contribution in [0.3, 0.4) is 0 Å². The summed E-state index contributed by atoms with van der Waals surface area (Å²) in [6.45, 7) is 3.84. The summed E-state index contributed by atoms with van der Waals surface area (Å²) >= 11 is 2.48. The average Bonchev–Trinajstić information content (AvgIpc) is 3.34. The minimum absolute atomic E-state index is 0.221. The number of esters is 1. The molecule has 0 bridgehead atoms. The van der Waals surface area contributed by atoms with E-state index in [4.69, 9.17) is 15.2 Å². The average molecular weight is 468 g/mol. The van der Waals surface area contributed by atoms with Crippen molar-refractivity contribution in [2.24, 2.45) is 0 Å². The van der Waals surface area contributed by atoms with Crippen LogP contribution in [0, 0.1) is 6.92 Å². The van der Waals surface area contributed by atoms with E-state index in [-0.39, 0.29) is 6.61 Å². The molecule has 1 amide bonds. The molecule has 0 atom stereocenters. The van der Waals surface area contributed by atoms with Crippen molar-refractivity contribution >= 4 is 55.5 Å². The van der Waals surface area contributed by atoms with Crippen molar-refractivity contribution in [2.45, 2.75) is 13.8 Å². The van der Waals surface area contributed by atoms with Crippen molar-refractivity contribution in [2.75, 3.05) is 24.8 Å². The molecule has 0 saturated heterocycles. The summed E-state index contributed by atoms with van der Waals surface area (Å²) in [6, 6.07) is 11.0. The minimum Gasteiger partial charge on any atom is -0.497 e. The van der Waals surface area contributed by atoms with E-state index in [2.05, 4.69) is 10.3 Å². The molecule has 0 aliphatic rings. The summed E-state index contributed by atoms with van der Waals surface area (Å²) in [4.78, 5) is 31.4. The number of nitrogen functional groups attached to an aromatic ring is 1. The first-order chi connectivity index (χ1) is 15.4. The molecule has 9 heteroatoms. The highest BCUT2D eigenvalue weighted by molar-refractivity contribution is 7.21. The number of nitrogens with two attached hydrogens (primary N) is 1. The first-order valence-corrected chi connectivity index (χ1v) is 11.5. The zero-order chi connectivity index (χ0) is 22.8. The lowest BCUT2D eigenvalue weighted by molar-refractivity contribution is 0.0529. The number of benzene rings is 1. The van der Waals surface area contributed by atoms with Gasteiger partial charge in [0.15, 0.2) is 0 Å². The summed E-state index contributed by atoms with van der Waals surface area (Å²) in [5.41, 5.74) is 9.24. The number of amides is 1. The van der Waals surface area contributed by atoms with E-state index >= 15 is 0 Å². The number of nitrogens with one attached hydrogen (secondary N) is 1. The molecule has 4 aromatic rings. The lowest BCUT2D eigenvalue weighted by Crippen LogP contribution is -2.14. The number of carbonyl (C=O) groups is 2. The molecule has 3 aromatic heterocycles. The van der Waals surface area contributed by atoms with Crippen molar-refractivity contribution in [3.05, 3.63) is 57.9 Å². The number of aromatic nitrogens is 1. The Hall–Kier alpha value is -3.43. The van der Waals surface area contributed by atoms with Crippen LogP contribution in [0.5, 0.6) is 5.75 Å². The van der Waals surface area contributed by atoms with Gasteiger partial charge in [0.25, 0.3) is 5.91 Å². The standard InChI is InChI=1S/C23H21N3O4S2/c1-4-30-23(28)17-16(13-6-8-14(29-3)9-7-13)11-31-22(17)26-20(27)19-18(24)15-10-5-12(2)25-21(15)32-19/h5-11H,4,24H2,1-3H3,(H,26,27). The van der Waals surface area contributed by atoms with Crippen LogP contribution in [0.15, 0.2) is 41.8 Å². The van der Waals surface area contributed by atoms with Crippen LogP contribution in [-0.4, -0.2) is 30.6 Å². The Bertz CT molecular complexity index is 1310. The lowest BCUT2D eigenvalue weighted by Gasteiger charge is -2.09. The number of rotatable bonds is 6. The first kappa shape index (κ1) is 21.8. The molecule has 0 aliphatic carbocycles. The van der Waals surface area contributed by atoms with E-state index < -0.39 is 11.9 Å². The van der Waals surface area contributed by atoms with E-state index in [1.807, 2.05) is 48.7 Å². The molecular weight excluding hydrogens is 446 g/mol. The minimum atomic E-state index is -0.503. The Morgan fingerprint density at radius 2 is 1.91 bits per heavy atom.